The van der Waals surface area contributed by atoms with Gasteiger partial charge in [-0.05, 0) is 50.1 Å². The van der Waals surface area contributed by atoms with Crippen molar-refractivity contribution in [3.05, 3.63) is 50.9 Å². The minimum absolute atomic E-state index is 0.0354. The zero-order valence-electron chi connectivity index (χ0n) is 11.5. The number of hydrogen-bond donors (Lipinski definition) is 1. The molecular formula is C15H15BrO4. The Morgan fingerprint density at radius 2 is 1.80 bits per heavy atom. The quantitative estimate of drug-likeness (QED) is 0.905. The van der Waals surface area contributed by atoms with Gasteiger partial charge in [-0.25, -0.2) is 4.79 Å². The van der Waals surface area contributed by atoms with Gasteiger partial charge in [0.1, 0.15) is 18.1 Å². The maximum absolute atomic E-state index is 10.9. The zero-order chi connectivity index (χ0) is 14.9. The molecule has 0 unspecified atom stereocenters. The van der Waals surface area contributed by atoms with Crippen molar-refractivity contribution in [3.8, 4) is 5.75 Å². The second-order valence-corrected chi connectivity index (χ2v) is 5.48. The smallest absolute Gasteiger partial charge is 0.372 e. The average molecular weight is 339 g/mol. The van der Waals surface area contributed by atoms with E-state index in [9.17, 15) is 4.79 Å². The van der Waals surface area contributed by atoms with Crippen molar-refractivity contribution < 1.29 is 19.1 Å². The van der Waals surface area contributed by atoms with E-state index in [1.165, 1.54) is 0 Å². The van der Waals surface area contributed by atoms with Crippen LogP contribution >= 0.6 is 15.9 Å². The number of aryl methyl sites for hydroxylation is 3. The number of carboxylic acids is 1. The number of benzene rings is 1. The van der Waals surface area contributed by atoms with E-state index in [0.29, 0.717) is 11.3 Å². The van der Waals surface area contributed by atoms with Crippen LogP contribution in [0.2, 0.25) is 0 Å². The van der Waals surface area contributed by atoms with Crippen molar-refractivity contribution in [1.29, 1.82) is 0 Å². The summed E-state index contributed by atoms with van der Waals surface area (Å²) >= 11 is 3.50. The SMILES string of the molecule is Cc1cc(COc2cc(C)c(Br)c(C)c2)oc1C(=O)O. The van der Waals surface area contributed by atoms with Crippen LogP contribution in [0, 0.1) is 20.8 Å². The van der Waals surface area contributed by atoms with Crippen LogP contribution in [0.5, 0.6) is 5.75 Å². The number of carbonyl (C=O) groups is 1. The molecule has 4 nitrogen and oxygen atoms in total. The topological polar surface area (TPSA) is 59.7 Å². The van der Waals surface area contributed by atoms with Crippen LogP contribution in [0.15, 0.2) is 27.1 Å². The highest BCUT2D eigenvalue weighted by Gasteiger charge is 2.14. The van der Waals surface area contributed by atoms with Crippen molar-refractivity contribution in [2.75, 3.05) is 0 Å². The Hall–Kier alpha value is -1.75. The lowest BCUT2D eigenvalue weighted by Gasteiger charge is -2.09. The molecule has 1 aromatic heterocycles. The molecule has 0 bridgehead atoms. The number of halogens is 1. The van der Waals surface area contributed by atoms with Crippen molar-refractivity contribution in [2.45, 2.75) is 27.4 Å². The minimum atomic E-state index is -1.07. The molecular weight excluding hydrogens is 324 g/mol. The van der Waals surface area contributed by atoms with Crippen LogP contribution in [0.3, 0.4) is 0 Å². The number of furan rings is 1. The largest absolute Gasteiger partial charge is 0.486 e. The van der Waals surface area contributed by atoms with Crippen LogP contribution in [-0.2, 0) is 6.61 Å². The highest BCUT2D eigenvalue weighted by Crippen LogP contribution is 2.27. The predicted molar refractivity (Wildman–Crippen MR) is 78.4 cm³/mol. The molecule has 0 aliphatic rings. The molecule has 1 heterocycles. The van der Waals surface area contributed by atoms with Gasteiger partial charge < -0.3 is 14.3 Å². The Balaban J connectivity index is 2.13. The molecule has 0 amide bonds. The van der Waals surface area contributed by atoms with Crippen molar-refractivity contribution >= 4 is 21.9 Å². The van der Waals surface area contributed by atoms with Gasteiger partial charge in [-0.15, -0.1) is 0 Å². The molecule has 0 fully saturated rings. The predicted octanol–water partition coefficient (Wildman–Crippen LogP) is 4.24. The number of ether oxygens (including phenoxy) is 1. The third-order valence-electron chi connectivity index (χ3n) is 2.95. The lowest BCUT2D eigenvalue weighted by atomic mass is 10.1. The first-order chi connectivity index (χ1) is 9.38. The van der Waals surface area contributed by atoms with Gasteiger partial charge in [-0.2, -0.15) is 0 Å². The van der Waals surface area contributed by atoms with E-state index in [1.54, 1.807) is 13.0 Å². The standard InChI is InChI=1S/C15H15BrO4/c1-8-4-11(5-9(2)13(8)16)19-7-12-6-10(3)14(20-12)15(17)18/h4-6H,7H2,1-3H3,(H,17,18). The van der Waals surface area contributed by atoms with E-state index >= 15 is 0 Å². The normalized spacial score (nSPS) is 10.6. The molecule has 0 aliphatic carbocycles. The lowest BCUT2D eigenvalue weighted by molar-refractivity contribution is 0.0657. The molecule has 20 heavy (non-hydrogen) atoms. The van der Waals surface area contributed by atoms with E-state index in [4.69, 9.17) is 14.3 Å². The summed E-state index contributed by atoms with van der Waals surface area (Å²) in [5.74, 6) is 0.128. The number of rotatable bonds is 4. The summed E-state index contributed by atoms with van der Waals surface area (Å²) in [5.41, 5.74) is 2.77. The van der Waals surface area contributed by atoms with E-state index in [1.807, 2.05) is 26.0 Å². The third-order valence-corrected chi connectivity index (χ3v) is 4.20. The Bertz CT molecular complexity index is 635. The van der Waals surface area contributed by atoms with Gasteiger partial charge in [-0.1, -0.05) is 15.9 Å². The first-order valence-electron chi connectivity index (χ1n) is 6.10. The number of carboxylic acid groups (broad SMARTS) is 1. The van der Waals surface area contributed by atoms with Gasteiger partial charge in [0.15, 0.2) is 0 Å². The first-order valence-corrected chi connectivity index (χ1v) is 6.90. The van der Waals surface area contributed by atoms with Gasteiger partial charge in [0, 0.05) is 10.0 Å². The molecule has 0 saturated carbocycles. The molecule has 0 atom stereocenters. The van der Waals surface area contributed by atoms with Gasteiger partial charge in [0.2, 0.25) is 5.76 Å². The molecule has 106 valence electrons. The fraction of sp³-hybridized carbons (Fsp3) is 0.267. The monoisotopic (exact) mass is 338 g/mol. The maximum atomic E-state index is 10.9. The lowest BCUT2D eigenvalue weighted by Crippen LogP contribution is -1.96. The zero-order valence-corrected chi connectivity index (χ0v) is 13.1. The number of hydrogen-bond acceptors (Lipinski definition) is 3. The molecule has 0 radical (unpaired) electrons. The van der Waals surface area contributed by atoms with Gasteiger partial charge in [0.05, 0.1) is 0 Å². The van der Waals surface area contributed by atoms with Crippen LogP contribution in [0.1, 0.15) is 33.0 Å². The third kappa shape index (κ3) is 3.04. The van der Waals surface area contributed by atoms with Crippen LogP contribution in [0.4, 0.5) is 0 Å². The Morgan fingerprint density at radius 3 is 2.30 bits per heavy atom. The van der Waals surface area contributed by atoms with E-state index < -0.39 is 5.97 Å². The Kier molecular flexibility index (Phi) is 4.18. The molecule has 1 aromatic carbocycles. The summed E-state index contributed by atoms with van der Waals surface area (Å²) in [5, 5.41) is 8.93. The summed E-state index contributed by atoms with van der Waals surface area (Å²) < 4.78 is 12.0. The molecule has 5 heteroatoms. The van der Waals surface area contributed by atoms with Crippen LogP contribution in [0.25, 0.3) is 0 Å². The van der Waals surface area contributed by atoms with Gasteiger partial charge in [0.25, 0.3) is 0 Å². The van der Waals surface area contributed by atoms with Crippen molar-refractivity contribution in [1.82, 2.24) is 0 Å². The van der Waals surface area contributed by atoms with Crippen LogP contribution < -0.4 is 4.74 Å². The molecule has 2 rings (SSSR count). The summed E-state index contributed by atoms with van der Waals surface area (Å²) in [6.07, 6.45) is 0. The van der Waals surface area contributed by atoms with E-state index in [0.717, 1.165) is 21.3 Å². The Labute approximate surface area is 125 Å². The first kappa shape index (κ1) is 14.7. The average Bonchev–Trinajstić information content (AvgIpc) is 2.75. The Morgan fingerprint density at radius 1 is 1.20 bits per heavy atom. The molecule has 2 aromatic rings. The molecule has 0 aliphatic heterocycles. The van der Waals surface area contributed by atoms with E-state index in [-0.39, 0.29) is 12.4 Å². The van der Waals surface area contributed by atoms with Gasteiger partial charge in [-0.3, -0.25) is 0 Å². The molecule has 0 saturated heterocycles. The minimum Gasteiger partial charge on any atom is -0.486 e. The highest BCUT2D eigenvalue weighted by molar-refractivity contribution is 9.10. The summed E-state index contributed by atoms with van der Waals surface area (Å²) in [6.45, 7) is 5.88. The van der Waals surface area contributed by atoms with E-state index in [2.05, 4.69) is 15.9 Å². The summed E-state index contributed by atoms with van der Waals surface area (Å²) in [7, 11) is 0. The molecule has 0 spiro atoms. The second-order valence-electron chi connectivity index (χ2n) is 4.69. The summed E-state index contributed by atoms with van der Waals surface area (Å²) in [6, 6.07) is 5.53. The second kappa shape index (κ2) is 5.71. The van der Waals surface area contributed by atoms with Crippen molar-refractivity contribution in [2.24, 2.45) is 0 Å². The van der Waals surface area contributed by atoms with Crippen LogP contribution in [-0.4, -0.2) is 11.1 Å². The number of aromatic carboxylic acids is 1. The van der Waals surface area contributed by atoms with Gasteiger partial charge >= 0.3 is 5.97 Å². The highest BCUT2D eigenvalue weighted by atomic mass is 79.9. The summed E-state index contributed by atoms with van der Waals surface area (Å²) in [4.78, 5) is 10.9. The van der Waals surface area contributed by atoms with Crippen molar-refractivity contribution in [3.63, 3.8) is 0 Å². The molecule has 1 N–H and O–H groups in total. The fourth-order valence-corrected chi connectivity index (χ4v) is 2.20. The fourth-order valence-electron chi connectivity index (χ4n) is 1.98. The maximum Gasteiger partial charge on any atom is 0.372 e.